The number of hydrogen-bond acceptors (Lipinski definition) is 1. The normalized spacial score (nSPS) is 21.2. The number of rotatable bonds is 5. The molecule has 1 unspecified atom stereocenters. The van der Waals surface area contributed by atoms with Crippen molar-refractivity contribution in [3.05, 3.63) is 0 Å². The van der Waals surface area contributed by atoms with E-state index in [9.17, 15) is 0 Å². The summed E-state index contributed by atoms with van der Waals surface area (Å²) in [5.74, 6) is 1.01. The minimum atomic E-state index is 0.791. The smallest absolute Gasteiger partial charge is 0.0209 e. The Bertz CT molecular complexity index is 130. The Labute approximate surface area is 96.4 Å². The van der Waals surface area contributed by atoms with Crippen LogP contribution >= 0.6 is 22.6 Å². The zero-order valence-corrected chi connectivity index (χ0v) is 11.1. The molecule has 0 N–H and O–H groups in total. The lowest BCUT2D eigenvalue weighted by Gasteiger charge is -2.24. The van der Waals surface area contributed by atoms with E-state index in [0.29, 0.717) is 0 Å². The van der Waals surface area contributed by atoms with Gasteiger partial charge < -0.3 is 4.90 Å². The molecular weight excluding hydrogens is 273 g/mol. The lowest BCUT2D eigenvalue weighted by molar-refractivity contribution is 0.247. The summed E-state index contributed by atoms with van der Waals surface area (Å²) in [6.07, 6.45) is 5.91. The predicted molar refractivity (Wildman–Crippen MR) is 67.6 cm³/mol. The van der Waals surface area contributed by atoms with E-state index in [4.69, 9.17) is 0 Å². The fourth-order valence-corrected chi connectivity index (χ4v) is 2.80. The summed E-state index contributed by atoms with van der Waals surface area (Å²) in [4.78, 5) is 2.62. The first-order chi connectivity index (χ1) is 6.22. The van der Waals surface area contributed by atoms with E-state index in [1.165, 1.54) is 45.3 Å². The van der Waals surface area contributed by atoms with Crippen molar-refractivity contribution >= 4 is 22.6 Å². The molecule has 0 aromatic carbocycles. The highest BCUT2D eigenvalue weighted by Gasteiger charge is 2.18. The molecule has 0 aliphatic heterocycles. The molecule has 1 rings (SSSR count). The van der Waals surface area contributed by atoms with E-state index in [0.717, 1.165) is 9.84 Å². The van der Waals surface area contributed by atoms with E-state index in [-0.39, 0.29) is 0 Å². The van der Waals surface area contributed by atoms with Gasteiger partial charge in [-0.25, -0.2) is 0 Å². The number of hydrogen-bond donors (Lipinski definition) is 0. The maximum atomic E-state index is 2.62. The van der Waals surface area contributed by atoms with Crippen molar-refractivity contribution in [2.45, 2.75) is 43.5 Å². The topological polar surface area (TPSA) is 3.24 Å². The van der Waals surface area contributed by atoms with Gasteiger partial charge in [0.2, 0.25) is 0 Å². The van der Waals surface area contributed by atoms with Gasteiger partial charge in [0.15, 0.2) is 0 Å². The van der Waals surface area contributed by atoms with Crippen LogP contribution in [0.3, 0.4) is 0 Å². The van der Waals surface area contributed by atoms with Crippen LogP contribution < -0.4 is 0 Å². The Balaban J connectivity index is 2.21. The number of nitrogens with zero attached hydrogens (tertiary/aromatic N) is 1. The summed E-state index contributed by atoms with van der Waals surface area (Å²) in [7, 11) is 0. The number of alkyl halides is 1. The van der Waals surface area contributed by atoms with Gasteiger partial charge in [-0.05, 0) is 25.3 Å². The Hall–Kier alpha value is 0.690. The average Bonchev–Trinajstić information content (AvgIpc) is 2.55. The maximum Gasteiger partial charge on any atom is 0.0209 e. The lowest BCUT2D eigenvalue weighted by atomic mass is 10.1. The molecule has 1 nitrogen and oxygen atoms in total. The Morgan fingerprint density at radius 1 is 1.38 bits per heavy atom. The van der Waals surface area contributed by atoms with E-state index in [2.05, 4.69) is 41.3 Å². The maximum absolute atomic E-state index is 2.62. The molecule has 0 aromatic rings. The summed E-state index contributed by atoms with van der Waals surface area (Å²) in [6, 6.07) is 0. The van der Waals surface area contributed by atoms with Crippen LogP contribution in [0.1, 0.15) is 39.5 Å². The van der Waals surface area contributed by atoms with Gasteiger partial charge >= 0.3 is 0 Å². The molecule has 0 spiro atoms. The highest BCUT2D eigenvalue weighted by Crippen LogP contribution is 2.25. The molecule has 0 amide bonds. The van der Waals surface area contributed by atoms with Gasteiger partial charge in [0, 0.05) is 17.0 Å². The van der Waals surface area contributed by atoms with Crippen LogP contribution in [-0.2, 0) is 0 Å². The van der Waals surface area contributed by atoms with Crippen LogP contribution in [0.15, 0.2) is 0 Å². The van der Waals surface area contributed by atoms with Crippen molar-refractivity contribution in [2.75, 3.05) is 19.6 Å². The van der Waals surface area contributed by atoms with Crippen LogP contribution in [0.4, 0.5) is 0 Å². The average molecular weight is 295 g/mol. The first kappa shape index (κ1) is 11.8. The van der Waals surface area contributed by atoms with Crippen LogP contribution in [0.25, 0.3) is 0 Å². The van der Waals surface area contributed by atoms with Gasteiger partial charge in [-0.2, -0.15) is 0 Å². The molecule has 1 atom stereocenters. The Morgan fingerprint density at radius 3 is 2.46 bits per heavy atom. The van der Waals surface area contributed by atoms with E-state index >= 15 is 0 Å². The van der Waals surface area contributed by atoms with E-state index < -0.39 is 0 Å². The van der Waals surface area contributed by atoms with Gasteiger partial charge in [-0.15, -0.1) is 0 Å². The molecule has 1 aliphatic carbocycles. The summed E-state index contributed by atoms with van der Waals surface area (Å²) in [5, 5.41) is 0. The molecule has 1 aliphatic rings. The first-order valence-corrected chi connectivity index (χ1v) is 6.83. The largest absolute Gasteiger partial charge is 0.302 e. The Kier molecular flexibility index (Phi) is 5.63. The van der Waals surface area contributed by atoms with Gasteiger partial charge in [0.05, 0.1) is 0 Å². The summed E-state index contributed by atoms with van der Waals surface area (Å²) >= 11 is 2.53. The van der Waals surface area contributed by atoms with Crippen molar-refractivity contribution in [3.63, 3.8) is 0 Å². The minimum absolute atomic E-state index is 0.791. The summed E-state index contributed by atoms with van der Waals surface area (Å²) in [6.45, 7) is 8.44. The third-order valence-electron chi connectivity index (χ3n) is 2.95. The second-order valence-corrected chi connectivity index (χ2v) is 6.41. The molecule has 0 aromatic heterocycles. The van der Waals surface area contributed by atoms with Crippen LogP contribution in [0.5, 0.6) is 0 Å². The van der Waals surface area contributed by atoms with Crippen molar-refractivity contribution < 1.29 is 0 Å². The molecular formula is C11H22IN. The number of halogens is 1. The van der Waals surface area contributed by atoms with Gasteiger partial charge in [-0.3, -0.25) is 0 Å². The fraction of sp³-hybridized carbons (Fsp3) is 1.00. The zero-order valence-electron chi connectivity index (χ0n) is 8.93. The second-order valence-electron chi connectivity index (χ2n) is 4.28. The summed E-state index contributed by atoms with van der Waals surface area (Å²) in [5.41, 5.74) is 0. The third-order valence-corrected chi connectivity index (χ3v) is 3.34. The SMILES string of the molecule is CCN(CC(C)I)CC1CCCC1. The molecule has 0 bridgehead atoms. The quantitative estimate of drug-likeness (QED) is 0.555. The molecule has 0 radical (unpaired) electrons. The summed E-state index contributed by atoms with van der Waals surface area (Å²) < 4.78 is 0.791. The van der Waals surface area contributed by atoms with E-state index in [1.807, 2.05) is 0 Å². The third kappa shape index (κ3) is 4.63. The van der Waals surface area contributed by atoms with Gasteiger partial charge in [0.25, 0.3) is 0 Å². The second kappa shape index (κ2) is 6.23. The predicted octanol–water partition coefficient (Wildman–Crippen LogP) is 3.32. The molecule has 13 heavy (non-hydrogen) atoms. The monoisotopic (exact) mass is 295 g/mol. The Morgan fingerprint density at radius 2 is 2.00 bits per heavy atom. The molecule has 2 heteroatoms. The van der Waals surface area contributed by atoms with Crippen LogP contribution in [0.2, 0.25) is 0 Å². The van der Waals surface area contributed by atoms with Crippen molar-refractivity contribution in [1.29, 1.82) is 0 Å². The molecule has 1 fully saturated rings. The molecule has 1 saturated carbocycles. The lowest BCUT2D eigenvalue weighted by Crippen LogP contribution is -2.32. The van der Waals surface area contributed by atoms with Crippen LogP contribution in [-0.4, -0.2) is 28.5 Å². The van der Waals surface area contributed by atoms with Gasteiger partial charge in [-0.1, -0.05) is 49.3 Å². The zero-order chi connectivity index (χ0) is 9.68. The van der Waals surface area contributed by atoms with Crippen molar-refractivity contribution in [2.24, 2.45) is 5.92 Å². The van der Waals surface area contributed by atoms with Gasteiger partial charge in [0.1, 0.15) is 0 Å². The fourth-order valence-electron chi connectivity index (χ4n) is 2.25. The molecule has 0 saturated heterocycles. The highest BCUT2D eigenvalue weighted by atomic mass is 127. The van der Waals surface area contributed by atoms with Crippen molar-refractivity contribution in [3.8, 4) is 0 Å². The van der Waals surface area contributed by atoms with E-state index in [1.54, 1.807) is 0 Å². The van der Waals surface area contributed by atoms with Crippen molar-refractivity contribution in [1.82, 2.24) is 4.90 Å². The minimum Gasteiger partial charge on any atom is -0.302 e. The van der Waals surface area contributed by atoms with Crippen LogP contribution in [0, 0.1) is 5.92 Å². The highest BCUT2D eigenvalue weighted by molar-refractivity contribution is 14.1. The first-order valence-electron chi connectivity index (χ1n) is 5.58. The molecule has 78 valence electrons. The standard InChI is InChI=1S/C11H22IN/c1-3-13(8-10(2)12)9-11-6-4-5-7-11/h10-11H,3-9H2,1-2H3. The molecule has 0 heterocycles.